The van der Waals surface area contributed by atoms with E-state index in [9.17, 15) is 8.42 Å². The molecule has 0 atom stereocenters. The van der Waals surface area contributed by atoms with Crippen molar-refractivity contribution in [3.05, 3.63) is 42.1 Å². The number of nitrogens with zero attached hydrogens (tertiary/aromatic N) is 1. The smallest absolute Gasteiger partial charge is 0.241 e. The standard InChI is InChI=1S/C19H24N2O5S/c1-24-17-8-7-16(12-18(17)25-2)27(22,23)21-13-14-9-10-20-19(11-14)26-15-5-3-4-6-15/h7-12,15,21H,3-6,13H2,1-2H3. The van der Waals surface area contributed by atoms with E-state index in [1.54, 1.807) is 24.4 Å². The van der Waals surface area contributed by atoms with Crippen LogP contribution >= 0.6 is 0 Å². The molecule has 8 heteroatoms. The largest absolute Gasteiger partial charge is 0.493 e. The fraction of sp³-hybridized carbons (Fsp3) is 0.421. The highest BCUT2D eigenvalue weighted by atomic mass is 32.2. The van der Waals surface area contributed by atoms with Crippen molar-refractivity contribution in [1.82, 2.24) is 9.71 Å². The Morgan fingerprint density at radius 3 is 2.52 bits per heavy atom. The average Bonchev–Trinajstić information content (AvgIpc) is 3.19. The van der Waals surface area contributed by atoms with Gasteiger partial charge in [-0.15, -0.1) is 0 Å². The van der Waals surface area contributed by atoms with Crippen molar-refractivity contribution in [3.8, 4) is 17.4 Å². The summed E-state index contributed by atoms with van der Waals surface area (Å²) in [6.07, 6.45) is 6.27. The van der Waals surface area contributed by atoms with Crippen LogP contribution in [0.4, 0.5) is 0 Å². The normalized spacial score (nSPS) is 14.9. The van der Waals surface area contributed by atoms with Crippen LogP contribution in [0.15, 0.2) is 41.4 Å². The third-order valence-electron chi connectivity index (χ3n) is 4.52. The highest BCUT2D eigenvalue weighted by molar-refractivity contribution is 7.89. The van der Waals surface area contributed by atoms with Crippen LogP contribution in [0.2, 0.25) is 0 Å². The molecule has 27 heavy (non-hydrogen) atoms. The predicted octanol–water partition coefficient (Wildman–Crippen LogP) is 2.90. The number of benzene rings is 1. The van der Waals surface area contributed by atoms with E-state index in [0.717, 1.165) is 18.4 Å². The van der Waals surface area contributed by atoms with Crippen LogP contribution in [-0.4, -0.2) is 33.7 Å². The van der Waals surface area contributed by atoms with Crippen LogP contribution in [0.1, 0.15) is 31.2 Å². The van der Waals surface area contributed by atoms with Crippen molar-refractivity contribution in [2.45, 2.75) is 43.2 Å². The zero-order chi connectivity index (χ0) is 19.3. The summed E-state index contributed by atoms with van der Waals surface area (Å²) in [6, 6.07) is 8.01. The topological polar surface area (TPSA) is 86.8 Å². The van der Waals surface area contributed by atoms with Gasteiger partial charge in [0.05, 0.1) is 19.1 Å². The van der Waals surface area contributed by atoms with Gasteiger partial charge in [0, 0.05) is 24.9 Å². The van der Waals surface area contributed by atoms with Crippen molar-refractivity contribution in [2.75, 3.05) is 14.2 Å². The molecule has 1 saturated carbocycles. The van der Waals surface area contributed by atoms with E-state index in [4.69, 9.17) is 14.2 Å². The minimum absolute atomic E-state index is 0.108. The van der Waals surface area contributed by atoms with Gasteiger partial charge in [-0.1, -0.05) is 0 Å². The van der Waals surface area contributed by atoms with Crippen LogP contribution in [0.3, 0.4) is 0 Å². The maximum absolute atomic E-state index is 12.6. The van der Waals surface area contributed by atoms with E-state index in [0.29, 0.717) is 17.4 Å². The molecule has 146 valence electrons. The SMILES string of the molecule is COc1ccc(S(=O)(=O)NCc2ccnc(OC3CCCC3)c2)cc1OC. The summed E-state index contributed by atoms with van der Waals surface area (Å²) in [5.41, 5.74) is 0.780. The summed E-state index contributed by atoms with van der Waals surface area (Å²) in [6.45, 7) is 0.139. The number of ether oxygens (including phenoxy) is 3. The molecule has 0 spiro atoms. The molecule has 0 saturated heterocycles. The van der Waals surface area contributed by atoms with Crippen LogP contribution in [0, 0.1) is 0 Å². The summed E-state index contributed by atoms with van der Waals surface area (Å²) < 4.78 is 43.9. The molecule has 1 fully saturated rings. The maximum atomic E-state index is 12.6. The molecular weight excluding hydrogens is 368 g/mol. The van der Waals surface area contributed by atoms with E-state index in [1.165, 1.54) is 39.2 Å². The summed E-state index contributed by atoms with van der Waals surface area (Å²) in [5.74, 6) is 1.36. The molecule has 0 unspecified atom stereocenters. The van der Waals surface area contributed by atoms with Gasteiger partial charge in [0.25, 0.3) is 0 Å². The summed E-state index contributed by atoms with van der Waals surface area (Å²) in [7, 11) is -0.736. The van der Waals surface area contributed by atoms with Crippen molar-refractivity contribution in [1.29, 1.82) is 0 Å². The van der Waals surface area contributed by atoms with Gasteiger partial charge in [-0.3, -0.25) is 0 Å². The highest BCUT2D eigenvalue weighted by Gasteiger charge is 2.19. The van der Waals surface area contributed by atoms with Gasteiger partial charge in [0.2, 0.25) is 15.9 Å². The second-order valence-corrected chi connectivity index (χ2v) is 8.13. The van der Waals surface area contributed by atoms with Crippen molar-refractivity contribution >= 4 is 10.0 Å². The van der Waals surface area contributed by atoms with E-state index in [-0.39, 0.29) is 17.5 Å². The molecule has 3 rings (SSSR count). The number of sulfonamides is 1. The number of nitrogens with one attached hydrogen (secondary N) is 1. The molecule has 1 heterocycles. The number of hydrogen-bond donors (Lipinski definition) is 1. The molecule has 1 aliphatic rings. The van der Waals surface area contributed by atoms with Crippen LogP contribution in [-0.2, 0) is 16.6 Å². The molecular formula is C19H24N2O5S. The van der Waals surface area contributed by atoms with Gasteiger partial charge in [0.1, 0.15) is 6.10 Å². The van der Waals surface area contributed by atoms with Crippen LogP contribution in [0.5, 0.6) is 17.4 Å². The van der Waals surface area contributed by atoms with Crippen molar-refractivity contribution in [2.24, 2.45) is 0 Å². The lowest BCUT2D eigenvalue weighted by Crippen LogP contribution is -2.23. The molecule has 0 radical (unpaired) electrons. The Morgan fingerprint density at radius 1 is 1.07 bits per heavy atom. The van der Waals surface area contributed by atoms with Gasteiger partial charge >= 0.3 is 0 Å². The molecule has 0 bridgehead atoms. The lowest BCUT2D eigenvalue weighted by molar-refractivity contribution is 0.201. The van der Waals surface area contributed by atoms with Gasteiger partial charge in [-0.2, -0.15) is 0 Å². The van der Waals surface area contributed by atoms with Gasteiger partial charge in [-0.25, -0.2) is 18.1 Å². The second kappa shape index (κ2) is 8.58. The summed E-state index contributed by atoms with van der Waals surface area (Å²) >= 11 is 0. The van der Waals surface area contributed by atoms with E-state index in [1.807, 2.05) is 0 Å². The fourth-order valence-corrected chi connectivity index (χ4v) is 4.08. The zero-order valence-corrected chi connectivity index (χ0v) is 16.3. The zero-order valence-electron chi connectivity index (χ0n) is 15.5. The highest BCUT2D eigenvalue weighted by Crippen LogP contribution is 2.29. The number of pyridine rings is 1. The van der Waals surface area contributed by atoms with E-state index in [2.05, 4.69) is 9.71 Å². The first-order chi connectivity index (χ1) is 13.0. The summed E-state index contributed by atoms with van der Waals surface area (Å²) in [5, 5.41) is 0. The second-order valence-electron chi connectivity index (χ2n) is 6.37. The Balaban J connectivity index is 1.68. The minimum Gasteiger partial charge on any atom is -0.493 e. The molecule has 1 N–H and O–H groups in total. The fourth-order valence-electron chi connectivity index (χ4n) is 3.05. The molecule has 1 aromatic heterocycles. The van der Waals surface area contributed by atoms with Gasteiger partial charge in [-0.05, 0) is 49.4 Å². The van der Waals surface area contributed by atoms with Crippen LogP contribution in [0.25, 0.3) is 0 Å². The third-order valence-corrected chi connectivity index (χ3v) is 5.92. The lowest BCUT2D eigenvalue weighted by atomic mass is 10.2. The Morgan fingerprint density at radius 2 is 1.81 bits per heavy atom. The number of methoxy groups -OCH3 is 2. The number of hydrogen-bond acceptors (Lipinski definition) is 6. The average molecular weight is 392 g/mol. The number of aromatic nitrogens is 1. The Kier molecular flexibility index (Phi) is 6.18. The van der Waals surface area contributed by atoms with Crippen LogP contribution < -0.4 is 18.9 Å². The molecule has 1 aromatic carbocycles. The molecule has 1 aliphatic carbocycles. The Labute approximate surface area is 159 Å². The molecule has 7 nitrogen and oxygen atoms in total. The van der Waals surface area contributed by atoms with E-state index < -0.39 is 10.0 Å². The van der Waals surface area contributed by atoms with Gasteiger partial charge in [0.15, 0.2) is 11.5 Å². The quantitative estimate of drug-likeness (QED) is 0.743. The molecule has 0 aliphatic heterocycles. The Hall–Kier alpha value is -2.32. The minimum atomic E-state index is -3.70. The monoisotopic (exact) mass is 392 g/mol. The first-order valence-electron chi connectivity index (χ1n) is 8.85. The molecule has 0 amide bonds. The first-order valence-corrected chi connectivity index (χ1v) is 10.3. The van der Waals surface area contributed by atoms with Crippen molar-refractivity contribution in [3.63, 3.8) is 0 Å². The molecule has 2 aromatic rings. The van der Waals surface area contributed by atoms with Gasteiger partial charge < -0.3 is 14.2 Å². The number of rotatable bonds is 8. The Bertz CT molecular complexity index is 879. The predicted molar refractivity (Wildman–Crippen MR) is 101 cm³/mol. The maximum Gasteiger partial charge on any atom is 0.241 e. The van der Waals surface area contributed by atoms with E-state index >= 15 is 0 Å². The first kappa shape index (κ1) is 19.4. The lowest BCUT2D eigenvalue weighted by Gasteiger charge is -2.13. The third kappa shape index (κ3) is 4.90. The van der Waals surface area contributed by atoms with Crippen molar-refractivity contribution < 1.29 is 22.6 Å². The summed E-state index contributed by atoms with van der Waals surface area (Å²) in [4.78, 5) is 4.33.